The molecule has 1 amide bonds. The molecular weight excluding hydrogens is 372 g/mol. The fourth-order valence-corrected chi connectivity index (χ4v) is 4.01. The van der Waals surface area contributed by atoms with Crippen molar-refractivity contribution in [1.29, 1.82) is 0 Å². The number of nitrogens with one attached hydrogen (secondary N) is 2. The van der Waals surface area contributed by atoms with Gasteiger partial charge in [0, 0.05) is 11.3 Å². The summed E-state index contributed by atoms with van der Waals surface area (Å²) in [5.41, 5.74) is 4.51. The van der Waals surface area contributed by atoms with Gasteiger partial charge in [0.2, 0.25) is 11.1 Å². The van der Waals surface area contributed by atoms with Crippen LogP contribution in [0.25, 0.3) is 11.4 Å². The third kappa shape index (κ3) is 4.04. The first-order valence-electron chi connectivity index (χ1n) is 9.28. The molecule has 0 spiro atoms. The Morgan fingerprint density at radius 3 is 2.75 bits per heavy atom. The summed E-state index contributed by atoms with van der Waals surface area (Å²) in [5, 5.41) is 10.4. The summed E-state index contributed by atoms with van der Waals surface area (Å²) in [6.07, 6.45) is 3.42. The molecule has 2 N–H and O–H groups in total. The van der Waals surface area contributed by atoms with E-state index in [1.54, 1.807) is 7.11 Å². The third-order valence-electron chi connectivity index (χ3n) is 4.85. The average molecular weight is 395 g/mol. The lowest BCUT2D eigenvalue weighted by molar-refractivity contribution is -0.115. The van der Waals surface area contributed by atoms with Gasteiger partial charge < -0.3 is 10.1 Å². The summed E-state index contributed by atoms with van der Waals surface area (Å²) >= 11 is 1.33. The number of carbonyl (C=O) groups excluding carboxylic acids is 1. The first kappa shape index (κ1) is 18.6. The van der Waals surface area contributed by atoms with Crippen LogP contribution in [0.3, 0.4) is 0 Å². The zero-order valence-corrected chi connectivity index (χ0v) is 16.7. The number of nitrogens with zero attached hydrogens (tertiary/aromatic N) is 2. The highest BCUT2D eigenvalue weighted by molar-refractivity contribution is 8.00. The Bertz CT molecular complexity index is 984. The van der Waals surface area contributed by atoms with E-state index < -0.39 is 0 Å². The highest BCUT2D eigenvalue weighted by atomic mass is 32.2. The van der Waals surface area contributed by atoms with E-state index in [-0.39, 0.29) is 11.2 Å². The smallest absolute Gasteiger partial charge is 0.237 e. The largest absolute Gasteiger partial charge is 0.497 e. The molecule has 1 aliphatic rings. The average Bonchev–Trinajstić information content (AvgIpc) is 3.37. The van der Waals surface area contributed by atoms with Crippen LogP contribution in [-0.2, 0) is 17.6 Å². The molecule has 0 saturated carbocycles. The van der Waals surface area contributed by atoms with Crippen LogP contribution in [0.2, 0.25) is 0 Å². The van der Waals surface area contributed by atoms with Crippen molar-refractivity contribution in [3.8, 4) is 17.1 Å². The molecule has 0 saturated heterocycles. The molecule has 1 aromatic heterocycles. The number of fused-ring (bicyclic) bond motifs is 1. The first-order valence-corrected chi connectivity index (χ1v) is 10.2. The van der Waals surface area contributed by atoms with Crippen LogP contribution in [0.5, 0.6) is 5.75 Å². The van der Waals surface area contributed by atoms with Gasteiger partial charge in [-0.2, -0.15) is 0 Å². The lowest BCUT2D eigenvalue weighted by atomic mass is 10.1. The minimum Gasteiger partial charge on any atom is -0.497 e. The van der Waals surface area contributed by atoms with E-state index in [2.05, 4.69) is 32.6 Å². The first-order chi connectivity index (χ1) is 13.6. The van der Waals surface area contributed by atoms with Crippen molar-refractivity contribution in [1.82, 2.24) is 15.2 Å². The maximum Gasteiger partial charge on any atom is 0.237 e. The number of benzene rings is 2. The number of aromatic amines is 1. The van der Waals surface area contributed by atoms with E-state index in [9.17, 15) is 4.79 Å². The number of carbonyl (C=O) groups is 1. The number of aryl methyl sites for hydroxylation is 2. The Balaban J connectivity index is 1.38. The second-order valence-corrected chi connectivity index (χ2v) is 8.09. The molecule has 1 aliphatic carbocycles. The molecule has 2 aromatic carbocycles. The fraction of sp³-hybridized carbons (Fsp3) is 0.286. The predicted octanol–water partition coefficient (Wildman–Crippen LogP) is 4.09. The number of amides is 1. The van der Waals surface area contributed by atoms with Gasteiger partial charge >= 0.3 is 0 Å². The van der Waals surface area contributed by atoms with Crippen LogP contribution in [0.4, 0.5) is 5.69 Å². The van der Waals surface area contributed by atoms with Crippen molar-refractivity contribution >= 4 is 23.4 Å². The number of rotatable bonds is 6. The minimum atomic E-state index is -0.312. The zero-order chi connectivity index (χ0) is 19.5. The summed E-state index contributed by atoms with van der Waals surface area (Å²) in [4.78, 5) is 17.0. The second-order valence-electron chi connectivity index (χ2n) is 6.78. The van der Waals surface area contributed by atoms with Gasteiger partial charge in [-0.05, 0) is 73.7 Å². The summed E-state index contributed by atoms with van der Waals surface area (Å²) in [7, 11) is 1.63. The normalized spacial score (nSPS) is 13.8. The molecular formula is C21H22N4O2S. The second kappa shape index (κ2) is 8.06. The van der Waals surface area contributed by atoms with Gasteiger partial charge in [-0.25, -0.2) is 4.98 Å². The Morgan fingerprint density at radius 2 is 1.96 bits per heavy atom. The van der Waals surface area contributed by atoms with Crippen molar-refractivity contribution in [2.24, 2.45) is 0 Å². The summed E-state index contributed by atoms with van der Waals surface area (Å²) in [5.74, 6) is 1.39. The van der Waals surface area contributed by atoms with Crippen molar-refractivity contribution in [3.63, 3.8) is 0 Å². The standard InChI is InChI=1S/C21H22N4O2S/c1-13(20(26)22-17-9-6-14-4-3-5-16(14)12-17)28-21-23-19(24-25-21)15-7-10-18(27-2)11-8-15/h6-13H,3-5H2,1-2H3,(H,22,26)(H,23,24,25)/t13-/m0/s1. The van der Waals surface area contributed by atoms with E-state index in [0.29, 0.717) is 11.0 Å². The monoisotopic (exact) mass is 394 g/mol. The van der Waals surface area contributed by atoms with Crippen LogP contribution in [0.15, 0.2) is 47.6 Å². The van der Waals surface area contributed by atoms with Gasteiger partial charge in [0.1, 0.15) is 5.75 Å². The van der Waals surface area contributed by atoms with Crippen LogP contribution < -0.4 is 10.1 Å². The highest BCUT2D eigenvalue weighted by Crippen LogP contribution is 2.27. The molecule has 7 heteroatoms. The highest BCUT2D eigenvalue weighted by Gasteiger charge is 2.19. The SMILES string of the molecule is COc1ccc(-c2nc(S[C@@H](C)C(=O)Nc3ccc4c(c3)CCC4)n[nH]2)cc1. The molecule has 1 heterocycles. The molecule has 144 valence electrons. The predicted molar refractivity (Wildman–Crippen MR) is 111 cm³/mol. The number of thioether (sulfide) groups is 1. The van der Waals surface area contributed by atoms with Gasteiger partial charge in [0.05, 0.1) is 12.4 Å². The van der Waals surface area contributed by atoms with E-state index in [1.807, 2.05) is 37.3 Å². The maximum atomic E-state index is 12.6. The quantitative estimate of drug-likeness (QED) is 0.616. The summed E-state index contributed by atoms with van der Waals surface area (Å²) < 4.78 is 5.17. The molecule has 0 unspecified atom stereocenters. The number of ether oxygens (including phenoxy) is 1. The fourth-order valence-electron chi connectivity index (χ4n) is 3.28. The molecule has 3 aromatic rings. The van der Waals surface area contributed by atoms with Crippen molar-refractivity contribution in [2.75, 3.05) is 12.4 Å². The van der Waals surface area contributed by atoms with Crippen molar-refractivity contribution < 1.29 is 9.53 Å². The lowest BCUT2D eigenvalue weighted by Gasteiger charge is -2.11. The van der Waals surface area contributed by atoms with Gasteiger partial charge in [-0.1, -0.05) is 17.8 Å². The number of hydrogen-bond donors (Lipinski definition) is 2. The molecule has 1 atom stereocenters. The van der Waals surface area contributed by atoms with Crippen molar-refractivity contribution in [2.45, 2.75) is 36.6 Å². The minimum absolute atomic E-state index is 0.0567. The van der Waals surface area contributed by atoms with E-state index in [0.717, 1.165) is 29.8 Å². The van der Waals surface area contributed by atoms with E-state index >= 15 is 0 Å². The Labute approximate surface area is 168 Å². The molecule has 28 heavy (non-hydrogen) atoms. The molecule has 6 nitrogen and oxygen atoms in total. The van der Waals surface area contributed by atoms with Gasteiger partial charge in [0.25, 0.3) is 0 Å². The van der Waals surface area contributed by atoms with Crippen LogP contribution in [0, 0.1) is 0 Å². The summed E-state index contributed by atoms with van der Waals surface area (Å²) in [6, 6.07) is 13.8. The van der Waals surface area contributed by atoms with E-state index in [1.165, 1.54) is 29.3 Å². The number of hydrogen-bond acceptors (Lipinski definition) is 5. The van der Waals surface area contributed by atoms with Gasteiger partial charge in [-0.3, -0.25) is 9.89 Å². The number of anilines is 1. The summed E-state index contributed by atoms with van der Waals surface area (Å²) in [6.45, 7) is 1.86. The van der Waals surface area contributed by atoms with Crippen molar-refractivity contribution in [3.05, 3.63) is 53.6 Å². The number of aromatic nitrogens is 3. The Morgan fingerprint density at radius 1 is 1.18 bits per heavy atom. The maximum absolute atomic E-state index is 12.6. The molecule has 0 fully saturated rings. The molecule has 0 aliphatic heterocycles. The Hall–Kier alpha value is -2.80. The zero-order valence-electron chi connectivity index (χ0n) is 15.9. The molecule has 0 bridgehead atoms. The topological polar surface area (TPSA) is 79.9 Å². The van der Waals surface area contributed by atoms with Crippen LogP contribution >= 0.6 is 11.8 Å². The third-order valence-corrected chi connectivity index (χ3v) is 5.81. The molecule has 0 radical (unpaired) electrons. The van der Waals surface area contributed by atoms with Crippen LogP contribution in [-0.4, -0.2) is 33.4 Å². The molecule has 4 rings (SSSR count). The van der Waals surface area contributed by atoms with Gasteiger partial charge in [-0.15, -0.1) is 5.10 Å². The number of methoxy groups -OCH3 is 1. The lowest BCUT2D eigenvalue weighted by Crippen LogP contribution is -2.22. The Kier molecular flexibility index (Phi) is 5.34. The number of H-pyrrole nitrogens is 1. The van der Waals surface area contributed by atoms with Crippen LogP contribution in [0.1, 0.15) is 24.5 Å². The van der Waals surface area contributed by atoms with E-state index in [4.69, 9.17) is 4.74 Å². The van der Waals surface area contributed by atoms with Gasteiger partial charge in [0.15, 0.2) is 5.82 Å².